The van der Waals surface area contributed by atoms with Crippen LogP contribution in [0.1, 0.15) is 27.2 Å². The van der Waals surface area contributed by atoms with E-state index < -0.39 is 0 Å². The van der Waals surface area contributed by atoms with Gasteiger partial charge in [0, 0.05) is 19.7 Å². The second-order valence-electron chi connectivity index (χ2n) is 5.04. The summed E-state index contributed by atoms with van der Waals surface area (Å²) in [7, 11) is 3.68. The second kappa shape index (κ2) is 5.79. The molecule has 0 spiro atoms. The molecule has 0 N–H and O–H groups in total. The summed E-state index contributed by atoms with van der Waals surface area (Å²) in [5, 5.41) is 4.16. The number of aromatic nitrogens is 2. The van der Waals surface area contributed by atoms with Crippen molar-refractivity contribution in [2.24, 2.45) is 7.05 Å². The van der Waals surface area contributed by atoms with Crippen molar-refractivity contribution in [1.29, 1.82) is 0 Å². The number of carbonyl (C=O) groups is 1. The summed E-state index contributed by atoms with van der Waals surface area (Å²) >= 11 is 3.46. The van der Waals surface area contributed by atoms with Gasteiger partial charge in [-0.25, -0.2) is 0 Å². The number of hydrogen-bond acceptors (Lipinski definition) is 2. The van der Waals surface area contributed by atoms with E-state index in [1.54, 1.807) is 15.8 Å². The van der Waals surface area contributed by atoms with Crippen LogP contribution in [-0.4, -0.2) is 27.6 Å². The van der Waals surface area contributed by atoms with Crippen molar-refractivity contribution in [2.45, 2.75) is 20.4 Å². The lowest BCUT2D eigenvalue weighted by Crippen LogP contribution is -2.28. The lowest BCUT2D eigenvalue weighted by Gasteiger charge is -2.19. The highest BCUT2D eigenvalue weighted by Gasteiger charge is 2.17. The minimum atomic E-state index is 0.0271. The second-order valence-corrected chi connectivity index (χ2v) is 5.90. The highest BCUT2D eigenvalue weighted by molar-refractivity contribution is 9.10. The molecule has 106 valence electrons. The Morgan fingerprint density at radius 3 is 2.70 bits per heavy atom. The molecule has 2 rings (SSSR count). The van der Waals surface area contributed by atoms with E-state index in [0.717, 1.165) is 26.9 Å². The molecule has 1 amide bonds. The molecule has 0 saturated heterocycles. The largest absolute Gasteiger partial charge is 0.336 e. The van der Waals surface area contributed by atoms with Crippen molar-refractivity contribution >= 4 is 21.8 Å². The first-order chi connectivity index (χ1) is 9.40. The van der Waals surface area contributed by atoms with E-state index in [1.807, 2.05) is 46.1 Å². The molecule has 0 atom stereocenters. The first-order valence-corrected chi connectivity index (χ1v) is 7.18. The van der Waals surface area contributed by atoms with E-state index in [4.69, 9.17) is 0 Å². The molecule has 4 nitrogen and oxygen atoms in total. The lowest BCUT2D eigenvalue weighted by atomic mass is 10.0. The maximum atomic E-state index is 12.5. The summed E-state index contributed by atoms with van der Waals surface area (Å²) in [4.78, 5) is 14.3. The Morgan fingerprint density at radius 2 is 2.10 bits per heavy atom. The van der Waals surface area contributed by atoms with Crippen LogP contribution >= 0.6 is 15.9 Å². The molecular formula is C15H18BrN3O. The normalized spacial score (nSPS) is 10.7. The summed E-state index contributed by atoms with van der Waals surface area (Å²) in [5.74, 6) is 0.0271. The molecule has 0 aliphatic carbocycles. The highest BCUT2D eigenvalue weighted by Crippen LogP contribution is 2.19. The Bertz CT molecular complexity index is 629. The number of benzene rings is 1. The maximum Gasteiger partial charge on any atom is 0.254 e. The van der Waals surface area contributed by atoms with E-state index in [1.165, 1.54) is 0 Å². The van der Waals surface area contributed by atoms with Gasteiger partial charge in [-0.05, 0) is 41.4 Å². The van der Waals surface area contributed by atoms with E-state index >= 15 is 0 Å². The average molecular weight is 336 g/mol. The molecular weight excluding hydrogens is 318 g/mol. The Morgan fingerprint density at radius 1 is 1.40 bits per heavy atom. The number of rotatable bonds is 3. The van der Waals surface area contributed by atoms with Crippen LogP contribution in [0.5, 0.6) is 0 Å². The summed E-state index contributed by atoms with van der Waals surface area (Å²) in [6, 6.07) is 5.94. The third kappa shape index (κ3) is 2.93. The van der Waals surface area contributed by atoms with Gasteiger partial charge in [0.1, 0.15) is 0 Å². The number of hydrogen-bond donors (Lipinski definition) is 0. The van der Waals surface area contributed by atoms with Gasteiger partial charge in [-0.1, -0.05) is 17.7 Å². The fraction of sp³-hybridized carbons (Fsp3) is 0.333. The van der Waals surface area contributed by atoms with Gasteiger partial charge in [0.05, 0.1) is 22.9 Å². The van der Waals surface area contributed by atoms with Gasteiger partial charge < -0.3 is 4.90 Å². The number of nitrogens with zero attached hydrogens (tertiary/aromatic N) is 3. The minimum absolute atomic E-state index is 0.0271. The zero-order valence-corrected chi connectivity index (χ0v) is 13.7. The molecule has 0 saturated carbocycles. The van der Waals surface area contributed by atoms with E-state index in [-0.39, 0.29) is 5.91 Å². The fourth-order valence-corrected chi connectivity index (χ4v) is 2.56. The molecule has 0 fully saturated rings. The van der Waals surface area contributed by atoms with Crippen molar-refractivity contribution in [2.75, 3.05) is 7.05 Å². The van der Waals surface area contributed by atoms with Crippen molar-refractivity contribution in [1.82, 2.24) is 14.7 Å². The van der Waals surface area contributed by atoms with Gasteiger partial charge in [-0.3, -0.25) is 9.48 Å². The smallest absolute Gasteiger partial charge is 0.254 e. The lowest BCUT2D eigenvalue weighted by molar-refractivity contribution is 0.0781. The quantitative estimate of drug-likeness (QED) is 0.864. The zero-order chi connectivity index (χ0) is 14.9. The van der Waals surface area contributed by atoms with Crippen LogP contribution < -0.4 is 0 Å². The molecule has 1 heterocycles. The van der Waals surface area contributed by atoms with Gasteiger partial charge in [0.15, 0.2) is 0 Å². The maximum absolute atomic E-state index is 12.5. The number of carbonyl (C=O) groups excluding carboxylic acids is 1. The van der Waals surface area contributed by atoms with Crippen LogP contribution in [0.15, 0.2) is 28.9 Å². The Balaban J connectivity index is 2.23. The highest BCUT2D eigenvalue weighted by atomic mass is 79.9. The number of aryl methyl sites for hydroxylation is 3. The van der Waals surface area contributed by atoms with Crippen molar-refractivity contribution in [3.05, 3.63) is 51.3 Å². The van der Waals surface area contributed by atoms with Crippen LogP contribution in [0.4, 0.5) is 0 Å². The van der Waals surface area contributed by atoms with Crippen molar-refractivity contribution in [3.63, 3.8) is 0 Å². The summed E-state index contributed by atoms with van der Waals surface area (Å²) in [6.45, 7) is 4.47. The van der Waals surface area contributed by atoms with E-state index in [9.17, 15) is 4.79 Å². The topological polar surface area (TPSA) is 38.1 Å². The Labute approximate surface area is 127 Å². The first kappa shape index (κ1) is 14.8. The van der Waals surface area contributed by atoms with Gasteiger partial charge >= 0.3 is 0 Å². The van der Waals surface area contributed by atoms with Crippen LogP contribution in [0.2, 0.25) is 0 Å². The average Bonchev–Trinajstić information content (AvgIpc) is 2.72. The molecule has 0 unspecified atom stereocenters. The molecule has 0 aliphatic rings. The molecule has 1 aromatic carbocycles. The van der Waals surface area contributed by atoms with E-state index in [2.05, 4.69) is 21.0 Å². The molecule has 0 bridgehead atoms. The van der Waals surface area contributed by atoms with Crippen LogP contribution in [0.25, 0.3) is 0 Å². The number of amides is 1. The monoisotopic (exact) mass is 335 g/mol. The third-order valence-electron chi connectivity index (χ3n) is 3.37. The predicted molar refractivity (Wildman–Crippen MR) is 82.6 cm³/mol. The molecule has 2 aromatic rings. The van der Waals surface area contributed by atoms with Crippen molar-refractivity contribution < 1.29 is 4.79 Å². The molecule has 5 heteroatoms. The number of halogens is 1. The third-order valence-corrected chi connectivity index (χ3v) is 4.03. The zero-order valence-electron chi connectivity index (χ0n) is 12.1. The SMILES string of the molecule is Cc1ccc(C)c(C(=O)N(C)Cc2c(Br)cnn2C)c1. The summed E-state index contributed by atoms with van der Waals surface area (Å²) < 4.78 is 2.69. The van der Waals surface area contributed by atoms with Crippen molar-refractivity contribution in [3.8, 4) is 0 Å². The standard InChI is InChI=1S/C15H18BrN3O/c1-10-5-6-11(2)12(7-10)15(20)18(3)9-14-13(16)8-17-19(14)4/h5-8H,9H2,1-4H3. The van der Waals surface area contributed by atoms with Crippen LogP contribution in [0.3, 0.4) is 0 Å². The molecule has 20 heavy (non-hydrogen) atoms. The van der Waals surface area contributed by atoms with Gasteiger partial charge in [-0.2, -0.15) is 5.10 Å². The Hall–Kier alpha value is -1.62. The predicted octanol–water partition coefficient (Wildman–Crippen LogP) is 3.07. The summed E-state index contributed by atoms with van der Waals surface area (Å²) in [6.07, 6.45) is 1.74. The van der Waals surface area contributed by atoms with Gasteiger partial charge in [0.2, 0.25) is 0 Å². The fourth-order valence-electron chi connectivity index (χ4n) is 2.08. The van der Waals surface area contributed by atoms with Crippen LogP contribution in [-0.2, 0) is 13.6 Å². The molecule has 1 aromatic heterocycles. The van der Waals surface area contributed by atoms with Crippen LogP contribution in [0, 0.1) is 13.8 Å². The molecule has 0 radical (unpaired) electrons. The van der Waals surface area contributed by atoms with Gasteiger partial charge in [0.25, 0.3) is 5.91 Å². The summed E-state index contributed by atoms with van der Waals surface area (Å²) in [5.41, 5.74) is 3.82. The molecule has 0 aliphatic heterocycles. The first-order valence-electron chi connectivity index (χ1n) is 6.39. The Kier molecular flexibility index (Phi) is 4.28. The van der Waals surface area contributed by atoms with E-state index in [0.29, 0.717) is 6.54 Å². The van der Waals surface area contributed by atoms with Gasteiger partial charge in [-0.15, -0.1) is 0 Å². The minimum Gasteiger partial charge on any atom is -0.336 e.